The van der Waals surface area contributed by atoms with Crippen molar-refractivity contribution in [3.63, 3.8) is 0 Å². The number of hydrogen-bond donors (Lipinski definition) is 3. The molecule has 7 aromatic rings. The average molecular weight is 533 g/mol. The maximum atomic E-state index is 13.7. The predicted octanol–water partition coefficient (Wildman–Crippen LogP) is 6.12. The number of hydrogen-bond acceptors (Lipinski definition) is 7. The van der Waals surface area contributed by atoms with E-state index in [9.17, 15) is 4.39 Å². The lowest BCUT2D eigenvalue weighted by atomic mass is 10.1. The Kier molecular flexibility index (Phi) is 5.87. The molecule has 7 rings (SSSR count). The van der Waals surface area contributed by atoms with E-state index in [1.807, 2.05) is 48.9 Å². The van der Waals surface area contributed by atoms with Crippen molar-refractivity contribution in [2.24, 2.45) is 0 Å². The number of H-pyrrole nitrogens is 2. The van der Waals surface area contributed by atoms with E-state index in [2.05, 4.69) is 53.6 Å². The number of fused-ring (bicyclic) bond motifs is 2. The van der Waals surface area contributed by atoms with Crippen LogP contribution in [0, 0.1) is 5.13 Å². The van der Waals surface area contributed by atoms with Crippen LogP contribution in [0.4, 0.5) is 4.39 Å². The molecular weight excluding hydrogens is 511 g/mol. The zero-order chi connectivity index (χ0) is 26.2. The van der Waals surface area contributed by atoms with Crippen molar-refractivity contribution in [1.82, 2.24) is 40.4 Å². The zero-order valence-electron chi connectivity index (χ0n) is 20.5. The molecule has 0 aliphatic heterocycles. The Morgan fingerprint density at radius 3 is 2.59 bits per heavy atom. The number of aromatic nitrogens is 7. The van der Waals surface area contributed by atoms with Crippen molar-refractivity contribution in [3.8, 4) is 33.2 Å². The highest BCUT2D eigenvalue weighted by atomic mass is 32.1. The maximum Gasteiger partial charge on any atom is 0.177 e. The van der Waals surface area contributed by atoms with E-state index < -0.39 is 0 Å². The van der Waals surface area contributed by atoms with Crippen molar-refractivity contribution in [3.05, 3.63) is 102 Å². The lowest BCUT2D eigenvalue weighted by molar-refractivity contribution is 0.657. The molecule has 6 aromatic heterocycles. The molecule has 0 aliphatic carbocycles. The highest BCUT2D eigenvalue weighted by Gasteiger charge is 2.18. The summed E-state index contributed by atoms with van der Waals surface area (Å²) in [5.74, 6) is 0.582. The van der Waals surface area contributed by atoms with Gasteiger partial charge >= 0.3 is 0 Å². The number of halogens is 1. The quantitative estimate of drug-likeness (QED) is 0.228. The summed E-state index contributed by atoms with van der Waals surface area (Å²) in [7, 11) is 0. The molecule has 8 nitrogen and oxygen atoms in total. The van der Waals surface area contributed by atoms with E-state index >= 15 is 0 Å². The van der Waals surface area contributed by atoms with Crippen LogP contribution in [0.3, 0.4) is 0 Å². The molecule has 190 valence electrons. The SMILES string of the molecule is Fc1ccc(-c2nccc3[nH]c(-c4n[nH]c5ncc(-c6cncc(CNCc7ccccc7)c6)cc45)nc23)s1. The van der Waals surface area contributed by atoms with E-state index in [1.54, 1.807) is 12.3 Å². The molecule has 0 saturated heterocycles. The standard InChI is InChI=1S/C29H21FN8S/c30-24-7-6-23(39-24)27-26-22(8-9-33-27)35-29(36-26)25-21-11-20(16-34-28(21)38-37-25)19-10-18(14-32-15-19)13-31-12-17-4-2-1-3-5-17/h1-11,14-16,31H,12-13H2,(H,35,36)(H,34,37,38). The molecule has 0 radical (unpaired) electrons. The van der Waals surface area contributed by atoms with Crippen molar-refractivity contribution in [2.75, 3.05) is 0 Å². The van der Waals surface area contributed by atoms with Gasteiger partial charge in [-0.3, -0.25) is 15.1 Å². The van der Waals surface area contributed by atoms with Gasteiger partial charge in [0.2, 0.25) is 0 Å². The summed E-state index contributed by atoms with van der Waals surface area (Å²) in [6.07, 6.45) is 7.21. The number of rotatable bonds is 7. The van der Waals surface area contributed by atoms with Crippen LogP contribution in [0.5, 0.6) is 0 Å². The van der Waals surface area contributed by atoms with Gasteiger partial charge in [0, 0.05) is 49.0 Å². The van der Waals surface area contributed by atoms with Gasteiger partial charge in [0.1, 0.15) is 16.9 Å². The van der Waals surface area contributed by atoms with Crippen LogP contribution in [0.25, 0.3) is 55.3 Å². The lowest BCUT2D eigenvalue weighted by Gasteiger charge is -2.07. The van der Waals surface area contributed by atoms with Crippen LogP contribution in [-0.2, 0) is 13.1 Å². The molecule has 0 bridgehead atoms. The smallest absolute Gasteiger partial charge is 0.177 e. The Balaban J connectivity index is 1.20. The number of thiophene rings is 1. The number of aromatic amines is 2. The molecule has 0 amide bonds. The minimum Gasteiger partial charge on any atom is -0.336 e. The second-order valence-corrected chi connectivity index (χ2v) is 10.1. The number of benzene rings is 1. The zero-order valence-corrected chi connectivity index (χ0v) is 21.3. The van der Waals surface area contributed by atoms with Gasteiger partial charge in [-0.2, -0.15) is 9.49 Å². The van der Waals surface area contributed by atoms with Crippen LogP contribution in [0.1, 0.15) is 11.1 Å². The Labute approximate surface area is 226 Å². The Bertz CT molecular complexity index is 1920. The second kappa shape index (κ2) is 9.82. The van der Waals surface area contributed by atoms with Gasteiger partial charge in [-0.25, -0.2) is 9.97 Å². The highest BCUT2D eigenvalue weighted by Crippen LogP contribution is 2.33. The van der Waals surface area contributed by atoms with E-state index in [0.717, 1.165) is 50.4 Å². The van der Waals surface area contributed by atoms with E-state index in [-0.39, 0.29) is 5.13 Å². The molecule has 1 aromatic carbocycles. The Morgan fingerprint density at radius 1 is 0.846 bits per heavy atom. The molecule has 3 N–H and O–H groups in total. The van der Waals surface area contributed by atoms with Crippen LogP contribution < -0.4 is 5.32 Å². The van der Waals surface area contributed by atoms with Crippen LogP contribution in [0.2, 0.25) is 0 Å². The van der Waals surface area contributed by atoms with Gasteiger partial charge in [-0.05, 0) is 41.5 Å². The molecule has 0 atom stereocenters. The number of imidazole rings is 1. The fourth-order valence-electron chi connectivity index (χ4n) is 4.60. The minimum atomic E-state index is -0.262. The van der Waals surface area contributed by atoms with Crippen molar-refractivity contribution in [2.45, 2.75) is 13.1 Å². The largest absolute Gasteiger partial charge is 0.336 e. The normalized spacial score (nSPS) is 11.5. The third kappa shape index (κ3) is 4.56. The summed E-state index contributed by atoms with van der Waals surface area (Å²) in [6, 6.07) is 19.5. The summed E-state index contributed by atoms with van der Waals surface area (Å²) >= 11 is 1.04. The Morgan fingerprint density at radius 2 is 1.72 bits per heavy atom. The van der Waals surface area contributed by atoms with Crippen LogP contribution in [-0.4, -0.2) is 35.1 Å². The van der Waals surface area contributed by atoms with E-state index in [0.29, 0.717) is 34.9 Å². The number of nitrogens with one attached hydrogen (secondary N) is 3. The molecule has 10 heteroatoms. The van der Waals surface area contributed by atoms with Crippen molar-refractivity contribution >= 4 is 33.4 Å². The third-order valence-corrected chi connectivity index (χ3v) is 7.36. The summed E-state index contributed by atoms with van der Waals surface area (Å²) in [5.41, 5.74) is 7.60. The Hall–Kier alpha value is -4.80. The monoisotopic (exact) mass is 532 g/mol. The molecular formula is C29H21FN8S. The summed E-state index contributed by atoms with van der Waals surface area (Å²) in [6.45, 7) is 1.49. The average Bonchev–Trinajstić information content (AvgIpc) is 3.71. The first-order valence-electron chi connectivity index (χ1n) is 12.3. The highest BCUT2D eigenvalue weighted by molar-refractivity contribution is 7.13. The van der Waals surface area contributed by atoms with E-state index in [4.69, 9.17) is 4.98 Å². The number of nitrogens with zero attached hydrogens (tertiary/aromatic N) is 5. The van der Waals surface area contributed by atoms with Gasteiger partial charge in [0.05, 0.1) is 15.8 Å². The van der Waals surface area contributed by atoms with Crippen molar-refractivity contribution in [1.29, 1.82) is 0 Å². The predicted molar refractivity (Wildman–Crippen MR) is 150 cm³/mol. The molecule has 0 saturated carbocycles. The van der Waals surface area contributed by atoms with E-state index in [1.165, 1.54) is 11.6 Å². The molecule has 6 heterocycles. The minimum absolute atomic E-state index is 0.262. The number of pyridine rings is 3. The fourth-order valence-corrected chi connectivity index (χ4v) is 5.33. The molecule has 0 spiro atoms. The molecule has 0 fully saturated rings. The molecule has 0 aliphatic rings. The lowest BCUT2D eigenvalue weighted by Crippen LogP contribution is -2.12. The van der Waals surface area contributed by atoms with Gasteiger partial charge in [-0.1, -0.05) is 30.3 Å². The first-order chi connectivity index (χ1) is 19.2. The first-order valence-corrected chi connectivity index (χ1v) is 13.2. The van der Waals surface area contributed by atoms with Gasteiger partial charge in [0.25, 0.3) is 0 Å². The van der Waals surface area contributed by atoms with Crippen molar-refractivity contribution < 1.29 is 4.39 Å². The molecule has 39 heavy (non-hydrogen) atoms. The summed E-state index contributed by atoms with van der Waals surface area (Å²) < 4.78 is 13.7. The van der Waals surface area contributed by atoms with Gasteiger partial charge in [0.15, 0.2) is 16.6 Å². The van der Waals surface area contributed by atoms with Crippen LogP contribution >= 0.6 is 11.3 Å². The fraction of sp³-hybridized carbons (Fsp3) is 0.0690. The summed E-state index contributed by atoms with van der Waals surface area (Å²) in [4.78, 5) is 22.4. The second-order valence-electron chi connectivity index (χ2n) is 9.11. The third-order valence-electron chi connectivity index (χ3n) is 6.48. The van der Waals surface area contributed by atoms with Crippen LogP contribution in [0.15, 0.2) is 85.5 Å². The molecule has 0 unspecified atom stereocenters. The van der Waals surface area contributed by atoms with Gasteiger partial charge < -0.3 is 10.3 Å². The van der Waals surface area contributed by atoms with Gasteiger partial charge in [-0.15, -0.1) is 11.3 Å². The maximum absolute atomic E-state index is 13.7. The summed E-state index contributed by atoms with van der Waals surface area (Å²) in [5, 5.41) is 11.6. The first kappa shape index (κ1) is 23.3. The topological polar surface area (TPSA) is 108 Å².